The number of amides is 1. The number of nitrogens with two attached hydrogens (primary N) is 1. The van der Waals surface area contributed by atoms with Crippen molar-refractivity contribution in [2.24, 2.45) is 17.6 Å². The maximum atomic E-state index is 12.5. The SMILES string of the molecule is CCN(CC)S(=O)(=O)c1ccc(C(C)NC(=O)[C@@H]2CCC[C@@H]2CN)cc1. The topological polar surface area (TPSA) is 92.5 Å². The van der Waals surface area contributed by atoms with Gasteiger partial charge in [-0.15, -0.1) is 0 Å². The number of carbonyl (C=O) groups excluding carboxylic acids is 1. The van der Waals surface area contributed by atoms with Crippen LogP contribution in [0.1, 0.15) is 51.6 Å². The molecule has 146 valence electrons. The van der Waals surface area contributed by atoms with Crippen LogP contribution in [0.25, 0.3) is 0 Å². The van der Waals surface area contributed by atoms with Gasteiger partial charge in [-0.1, -0.05) is 32.4 Å². The Morgan fingerprint density at radius 1 is 1.23 bits per heavy atom. The molecule has 1 aromatic carbocycles. The molecule has 2 rings (SSSR count). The molecule has 1 amide bonds. The van der Waals surface area contributed by atoms with Crippen LogP contribution in [0.15, 0.2) is 29.2 Å². The Hall–Kier alpha value is -1.44. The first kappa shape index (κ1) is 20.9. The molecule has 0 heterocycles. The maximum absolute atomic E-state index is 12.5. The van der Waals surface area contributed by atoms with Gasteiger partial charge in [0.05, 0.1) is 10.9 Å². The number of nitrogens with zero attached hydrogens (tertiary/aromatic N) is 1. The van der Waals surface area contributed by atoms with Crippen LogP contribution in [0.3, 0.4) is 0 Å². The predicted molar refractivity (Wildman–Crippen MR) is 103 cm³/mol. The average Bonchev–Trinajstić information content (AvgIpc) is 3.11. The van der Waals surface area contributed by atoms with Gasteiger partial charge in [-0.3, -0.25) is 4.79 Å². The molecule has 1 aliphatic carbocycles. The summed E-state index contributed by atoms with van der Waals surface area (Å²) in [6, 6.07) is 6.60. The lowest BCUT2D eigenvalue weighted by molar-refractivity contribution is -0.126. The van der Waals surface area contributed by atoms with Crippen LogP contribution in [0.5, 0.6) is 0 Å². The highest BCUT2D eigenvalue weighted by Gasteiger charge is 2.32. The summed E-state index contributed by atoms with van der Waals surface area (Å²) in [6.45, 7) is 6.99. The number of carbonyl (C=O) groups is 1. The lowest BCUT2D eigenvalue weighted by Crippen LogP contribution is -2.36. The first-order chi connectivity index (χ1) is 12.3. The van der Waals surface area contributed by atoms with E-state index in [2.05, 4.69) is 5.32 Å². The van der Waals surface area contributed by atoms with Crippen molar-refractivity contribution >= 4 is 15.9 Å². The van der Waals surface area contributed by atoms with Crippen molar-refractivity contribution in [2.75, 3.05) is 19.6 Å². The molecule has 0 aliphatic heterocycles. The van der Waals surface area contributed by atoms with Crippen molar-refractivity contribution in [1.82, 2.24) is 9.62 Å². The zero-order chi connectivity index (χ0) is 19.3. The van der Waals surface area contributed by atoms with E-state index in [1.54, 1.807) is 24.3 Å². The largest absolute Gasteiger partial charge is 0.349 e. The molecule has 0 saturated heterocycles. The van der Waals surface area contributed by atoms with Crippen LogP contribution < -0.4 is 11.1 Å². The number of benzene rings is 1. The summed E-state index contributed by atoms with van der Waals surface area (Å²) < 4.78 is 26.5. The molecule has 1 unspecified atom stereocenters. The Balaban J connectivity index is 2.07. The van der Waals surface area contributed by atoms with E-state index in [1.165, 1.54) is 4.31 Å². The summed E-state index contributed by atoms with van der Waals surface area (Å²) >= 11 is 0. The fraction of sp³-hybridized carbons (Fsp3) is 0.632. The summed E-state index contributed by atoms with van der Waals surface area (Å²) in [5.41, 5.74) is 6.66. The first-order valence-corrected chi connectivity index (χ1v) is 10.9. The van der Waals surface area contributed by atoms with Gasteiger partial charge in [-0.2, -0.15) is 4.31 Å². The summed E-state index contributed by atoms with van der Waals surface area (Å²) in [6.07, 6.45) is 2.95. The predicted octanol–water partition coefficient (Wildman–Crippen LogP) is 2.27. The molecule has 0 bridgehead atoms. The molecule has 1 fully saturated rings. The summed E-state index contributed by atoms with van der Waals surface area (Å²) in [4.78, 5) is 12.8. The van der Waals surface area contributed by atoms with Crippen molar-refractivity contribution < 1.29 is 13.2 Å². The zero-order valence-corrected chi connectivity index (χ0v) is 16.8. The van der Waals surface area contributed by atoms with E-state index in [0.717, 1.165) is 24.8 Å². The van der Waals surface area contributed by atoms with E-state index in [-0.39, 0.29) is 28.7 Å². The molecular formula is C19H31N3O3S. The van der Waals surface area contributed by atoms with Gasteiger partial charge in [-0.25, -0.2) is 8.42 Å². The highest BCUT2D eigenvalue weighted by molar-refractivity contribution is 7.89. The van der Waals surface area contributed by atoms with Gasteiger partial charge in [0.25, 0.3) is 0 Å². The molecule has 0 aromatic heterocycles. The monoisotopic (exact) mass is 381 g/mol. The molecule has 1 aliphatic rings. The van der Waals surface area contributed by atoms with Crippen LogP contribution in [0.2, 0.25) is 0 Å². The van der Waals surface area contributed by atoms with Crippen molar-refractivity contribution in [3.63, 3.8) is 0 Å². The zero-order valence-electron chi connectivity index (χ0n) is 15.9. The highest BCUT2D eigenvalue weighted by atomic mass is 32.2. The number of hydrogen-bond donors (Lipinski definition) is 2. The minimum atomic E-state index is -3.46. The van der Waals surface area contributed by atoms with Gasteiger partial charge < -0.3 is 11.1 Å². The third-order valence-corrected chi connectivity index (χ3v) is 7.44. The fourth-order valence-electron chi connectivity index (χ4n) is 3.71. The smallest absolute Gasteiger partial charge is 0.243 e. The van der Waals surface area contributed by atoms with Crippen LogP contribution in [0, 0.1) is 11.8 Å². The molecule has 0 spiro atoms. The third kappa shape index (κ3) is 4.45. The van der Waals surface area contributed by atoms with E-state index < -0.39 is 10.0 Å². The van der Waals surface area contributed by atoms with Crippen molar-refractivity contribution in [3.05, 3.63) is 29.8 Å². The second-order valence-electron chi connectivity index (χ2n) is 6.92. The minimum Gasteiger partial charge on any atom is -0.349 e. The normalized spacial score (nSPS) is 21.7. The number of nitrogens with one attached hydrogen (secondary N) is 1. The van der Waals surface area contributed by atoms with Crippen LogP contribution in [-0.2, 0) is 14.8 Å². The first-order valence-electron chi connectivity index (χ1n) is 9.45. The standard InChI is InChI=1S/C19H31N3O3S/c1-4-22(5-2)26(24,25)17-11-9-15(10-12-17)14(3)21-19(23)18-8-6-7-16(18)13-20/h9-12,14,16,18H,4-8,13,20H2,1-3H3,(H,21,23)/t14?,16-,18-/m1/s1. The Labute approximate surface area is 157 Å². The maximum Gasteiger partial charge on any atom is 0.243 e. The van der Waals surface area contributed by atoms with Crippen LogP contribution in [-0.4, -0.2) is 38.3 Å². The van der Waals surface area contributed by atoms with Gasteiger partial charge in [0, 0.05) is 19.0 Å². The number of sulfonamides is 1. The minimum absolute atomic E-state index is 0.00947. The van der Waals surface area contributed by atoms with Gasteiger partial charge in [0.2, 0.25) is 15.9 Å². The van der Waals surface area contributed by atoms with Gasteiger partial charge in [0.15, 0.2) is 0 Å². The summed E-state index contributed by atoms with van der Waals surface area (Å²) in [5.74, 6) is 0.304. The Kier molecular flexibility index (Phi) is 7.20. The summed E-state index contributed by atoms with van der Waals surface area (Å²) in [7, 11) is -3.46. The van der Waals surface area contributed by atoms with Crippen molar-refractivity contribution in [2.45, 2.75) is 51.0 Å². The van der Waals surface area contributed by atoms with Crippen molar-refractivity contribution in [1.29, 1.82) is 0 Å². The fourth-order valence-corrected chi connectivity index (χ4v) is 5.17. The second kappa shape index (κ2) is 8.97. The molecule has 26 heavy (non-hydrogen) atoms. The average molecular weight is 382 g/mol. The molecule has 1 saturated carbocycles. The molecule has 3 atom stereocenters. The Morgan fingerprint density at radius 2 is 1.85 bits per heavy atom. The third-order valence-electron chi connectivity index (χ3n) is 5.38. The molecule has 0 radical (unpaired) electrons. The van der Waals surface area contributed by atoms with Crippen LogP contribution >= 0.6 is 0 Å². The highest BCUT2D eigenvalue weighted by Crippen LogP contribution is 2.31. The van der Waals surface area contributed by atoms with Gasteiger partial charge in [-0.05, 0) is 49.9 Å². The second-order valence-corrected chi connectivity index (χ2v) is 8.86. The molecule has 6 nitrogen and oxygen atoms in total. The number of rotatable bonds is 8. The van der Waals surface area contributed by atoms with E-state index in [1.807, 2.05) is 20.8 Å². The van der Waals surface area contributed by atoms with E-state index in [0.29, 0.717) is 19.6 Å². The van der Waals surface area contributed by atoms with E-state index in [4.69, 9.17) is 5.73 Å². The quantitative estimate of drug-likeness (QED) is 0.722. The van der Waals surface area contributed by atoms with Gasteiger partial charge in [0.1, 0.15) is 0 Å². The lowest BCUT2D eigenvalue weighted by Gasteiger charge is -2.22. The van der Waals surface area contributed by atoms with Gasteiger partial charge >= 0.3 is 0 Å². The lowest BCUT2D eigenvalue weighted by atomic mass is 9.95. The van der Waals surface area contributed by atoms with Crippen molar-refractivity contribution in [3.8, 4) is 0 Å². The van der Waals surface area contributed by atoms with Crippen LogP contribution in [0.4, 0.5) is 0 Å². The Morgan fingerprint density at radius 3 is 2.38 bits per heavy atom. The molecule has 1 aromatic rings. The van der Waals surface area contributed by atoms with E-state index in [9.17, 15) is 13.2 Å². The molecule has 7 heteroatoms. The molecule has 3 N–H and O–H groups in total. The number of hydrogen-bond acceptors (Lipinski definition) is 4. The molecular weight excluding hydrogens is 350 g/mol. The summed E-state index contributed by atoms with van der Waals surface area (Å²) in [5, 5.41) is 3.05. The van der Waals surface area contributed by atoms with E-state index >= 15 is 0 Å². The Bertz CT molecular complexity index is 699.